The average Bonchev–Trinajstić information content (AvgIpc) is 3.00. The fraction of sp³-hybridized carbons (Fsp3) is 0.450. The third-order valence-electron chi connectivity index (χ3n) is 4.91. The Balaban J connectivity index is 1.79. The molecule has 2 aromatic rings. The van der Waals surface area contributed by atoms with Crippen LogP contribution in [0.2, 0.25) is 5.02 Å². The van der Waals surface area contributed by atoms with Crippen LogP contribution in [0.15, 0.2) is 24.4 Å². The molecule has 29 heavy (non-hydrogen) atoms. The van der Waals surface area contributed by atoms with Crippen molar-refractivity contribution >= 4 is 23.4 Å². The van der Waals surface area contributed by atoms with Gasteiger partial charge < -0.3 is 20.1 Å². The quantitative estimate of drug-likeness (QED) is 0.768. The summed E-state index contributed by atoms with van der Waals surface area (Å²) in [6.07, 6.45) is 1.63. The number of hydrogen-bond donors (Lipinski definition) is 1. The monoisotopic (exact) mass is 420 g/mol. The number of aryl methyl sites for hydroxylation is 3. The number of carbonyl (C=O) groups is 2. The second kappa shape index (κ2) is 8.42. The van der Waals surface area contributed by atoms with Crippen molar-refractivity contribution in [2.24, 2.45) is 12.8 Å². The van der Waals surface area contributed by atoms with Gasteiger partial charge in [0.2, 0.25) is 5.91 Å². The summed E-state index contributed by atoms with van der Waals surface area (Å²) in [6.45, 7) is 4.62. The Kier molecular flexibility index (Phi) is 6.14. The van der Waals surface area contributed by atoms with Gasteiger partial charge in [-0.2, -0.15) is 5.10 Å². The molecule has 1 aromatic heterocycles. The Morgan fingerprint density at radius 3 is 2.76 bits per heavy atom. The first-order valence-corrected chi connectivity index (χ1v) is 9.68. The number of ether oxygens (including phenoxy) is 2. The summed E-state index contributed by atoms with van der Waals surface area (Å²) < 4.78 is 13.4. The molecule has 156 valence electrons. The van der Waals surface area contributed by atoms with Crippen molar-refractivity contribution in [2.75, 3.05) is 26.3 Å². The Morgan fingerprint density at radius 1 is 1.38 bits per heavy atom. The first-order chi connectivity index (χ1) is 13.7. The van der Waals surface area contributed by atoms with Gasteiger partial charge in [0, 0.05) is 24.8 Å². The summed E-state index contributed by atoms with van der Waals surface area (Å²) in [4.78, 5) is 26.4. The molecule has 0 radical (unpaired) electrons. The van der Waals surface area contributed by atoms with Gasteiger partial charge in [-0.25, -0.2) is 0 Å². The van der Waals surface area contributed by atoms with Crippen LogP contribution < -0.4 is 10.5 Å². The lowest BCUT2D eigenvalue weighted by atomic mass is 9.97. The number of rotatable bonds is 6. The van der Waals surface area contributed by atoms with E-state index in [-0.39, 0.29) is 32.1 Å². The van der Waals surface area contributed by atoms with E-state index in [1.54, 1.807) is 41.9 Å². The van der Waals surface area contributed by atoms with Crippen LogP contribution in [0.3, 0.4) is 0 Å². The molecule has 1 aliphatic heterocycles. The van der Waals surface area contributed by atoms with Crippen molar-refractivity contribution in [3.63, 3.8) is 0 Å². The SMILES string of the molecule is Cc1cc(OCC2(CC(N)=O)CN(C(=O)c3cn(C)nc3C)CCO2)ccc1Cl. The van der Waals surface area contributed by atoms with Gasteiger partial charge in [0.05, 0.1) is 30.8 Å². The molecule has 0 saturated carbocycles. The van der Waals surface area contributed by atoms with Crippen molar-refractivity contribution < 1.29 is 19.1 Å². The highest BCUT2D eigenvalue weighted by Gasteiger charge is 2.41. The Morgan fingerprint density at radius 2 is 2.14 bits per heavy atom. The second-order valence-corrected chi connectivity index (χ2v) is 7.81. The van der Waals surface area contributed by atoms with Gasteiger partial charge in [-0.15, -0.1) is 0 Å². The molecular formula is C20H25ClN4O4. The topological polar surface area (TPSA) is 99.7 Å². The van der Waals surface area contributed by atoms with Gasteiger partial charge in [0.1, 0.15) is 18.0 Å². The lowest BCUT2D eigenvalue weighted by Crippen LogP contribution is -2.58. The third-order valence-corrected chi connectivity index (χ3v) is 5.33. The minimum absolute atomic E-state index is 0.0601. The number of nitrogens with zero attached hydrogens (tertiary/aromatic N) is 3. The van der Waals surface area contributed by atoms with Gasteiger partial charge >= 0.3 is 0 Å². The van der Waals surface area contributed by atoms with E-state index in [4.69, 9.17) is 26.8 Å². The highest BCUT2D eigenvalue weighted by Crippen LogP contribution is 2.27. The van der Waals surface area contributed by atoms with E-state index in [0.29, 0.717) is 28.6 Å². The van der Waals surface area contributed by atoms with Crippen molar-refractivity contribution in [1.29, 1.82) is 0 Å². The van der Waals surface area contributed by atoms with Crippen LogP contribution in [0, 0.1) is 13.8 Å². The maximum atomic E-state index is 13.0. The molecule has 2 N–H and O–H groups in total. The molecule has 0 spiro atoms. The molecule has 1 unspecified atom stereocenters. The van der Waals surface area contributed by atoms with Crippen molar-refractivity contribution in [3.05, 3.63) is 46.2 Å². The molecule has 1 aromatic carbocycles. The van der Waals surface area contributed by atoms with Crippen LogP contribution in [-0.4, -0.2) is 58.4 Å². The molecule has 0 bridgehead atoms. The number of amides is 2. The number of benzene rings is 1. The normalized spacial score (nSPS) is 19.2. The smallest absolute Gasteiger partial charge is 0.257 e. The van der Waals surface area contributed by atoms with Crippen LogP contribution in [0.25, 0.3) is 0 Å². The highest BCUT2D eigenvalue weighted by atomic mass is 35.5. The van der Waals surface area contributed by atoms with E-state index in [2.05, 4.69) is 5.10 Å². The minimum Gasteiger partial charge on any atom is -0.490 e. The van der Waals surface area contributed by atoms with Crippen LogP contribution in [0.4, 0.5) is 0 Å². The summed E-state index contributed by atoms with van der Waals surface area (Å²) in [6, 6.07) is 5.30. The van der Waals surface area contributed by atoms with E-state index in [1.807, 2.05) is 13.0 Å². The number of nitrogens with two attached hydrogens (primary N) is 1. The summed E-state index contributed by atoms with van der Waals surface area (Å²) >= 11 is 6.06. The van der Waals surface area contributed by atoms with E-state index in [1.165, 1.54) is 0 Å². The molecule has 1 aliphatic rings. The van der Waals surface area contributed by atoms with E-state index < -0.39 is 11.5 Å². The van der Waals surface area contributed by atoms with Gasteiger partial charge in [-0.3, -0.25) is 14.3 Å². The maximum absolute atomic E-state index is 13.0. The first kappa shape index (κ1) is 21.1. The second-order valence-electron chi connectivity index (χ2n) is 7.40. The van der Waals surface area contributed by atoms with Gasteiger partial charge in [0.15, 0.2) is 0 Å². The number of morpholine rings is 1. The summed E-state index contributed by atoms with van der Waals surface area (Å²) in [5.41, 5.74) is 6.50. The summed E-state index contributed by atoms with van der Waals surface area (Å²) in [5, 5.41) is 4.87. The first-order valence-electron chi connectivity index (χ1n) is 9.30. The Hall–Kier alpha value is -2.58. The number of primary amides is 1. The van der Waals surface area contributed by atoms with E-state index in [9.17, 15) is 9.59 Å². The van der Waals surface area contributed by atoms with Gasteiger partial charge in [-0.1, -0.05) is 11.6 Å². The Labute approximate surface area is 174 Å². The van der Waals surface area contributed by atoms with Gasteiger partial charge in [0.25, 0.3) is 5.91 Å². The highest BCUT2D eigenvalue weighted by molar-refractivity contribution is 6.31. The molecule has 0 aliphatic carbocycles. The molecule has 2 amide bonds. The molecule has 1 atom stereocenters. The van der Waals surface area contributed by atoms with Crippen LogP contribution in [0.5, 0.6) is 5.75 Å². The molecule has 3 rings (SSSR count). The fourth-order valence-corrected chi connectivity index (χ4v) is 3.60. The lowest BCUT2D eigenvalue weighted by molar-refractivity contribution is -0.142. The largest absolute Gasteiger partial charge is 0.490 e. The van der Waals surface area contributed by atoms with E-state index in [0.717, 1.165) is 5.56 Å². The summed E-state index contributed by atoms with van der Waals surface area (Å²) in [5.74, 6) is -0.0753. The van der Waals surface area contributed by atoms with Crippen LogP contribution in [0.1, 0.15) is 28.0 Å². The summed E-state index contributed by atoms with van der Waals surface area (Å²) in [7, 11) is 1.77. The molecule has 2 heterocycles. The Bertz CT molecular complexity index is 929. The van der Waals surface area contributed by atoms with Crippen molar-refractivity contribution in [2.45, 2.75) is 25.9 Å². The zero-order valence-corrected chi connectivity index (χ0v) is 17.5. The number of carbonyl (C=O) groups excluding carboxylic acids is 2. The van der Waals surface area contributed by atoms with Crippen molar-refractivity contribution in [3.8, 4) is 5.75 Å². The standard InChI is InChI=1S/C20H25ClN4O4/c1-13-8-15(4-5-17(13)21)28-12-20(9-18(22)26)11-25(6-7-29-20)19(27)16-10-24(3)23-14(16)2/h4-5,8,10H,6-7,9,11-12H2,1-3H3,(H2,22,26). The zero-order chi connectivity index (χ0) is 21.2. The average molecular weight is 421 g/mol. The molecule has 1 saturated heterocycles. The predicted octanol–water partition coefficient (Wildman–Crippen LogP) is 1.86. The number of aromatic nitrogens is 2. The van der Waals surface area contributed by atoms with Crippen molar-refractivity contribution in [1.82, 2.24) is 14.7 Å². The van der Waals surface area contributed by atoms with Crippen LogP contribution in [-0.2, 0) is 16.6 Å². The van der Waals surface area contributed by atoms with Crippen LogP contribution >= 0.6 is 11.6 Å². The zero-order valence-electron chi connectivity index (χ0n) is 16.8. The van der Waals surface area contributed by atoms with Gasteiger partial charge in [-0.05, 0) is 37.6 Å². The maximum Gasteiger partial charge on any atom is 0.257 e. The van der Waals surface area contributed by atoms with E-state index >= 15 is 0 Å². The molecule has 9 heteroatoms. The number of hydrogen-bond acceptors (Lipinski definition) is 5. The molecule has 8 nitrogen and oxygen atoms in total. The molecule has 1 fully saturated rings. The minimum atomic E-state index is -1.02. The molecular weight excluding hydrogens is 396 g/mol. The lowest BCUT2D eigenvalue weighted by Gasteiger charge is -2.41. The predicted molar refractivity (Wildman–Crippen MR) is 108 cm³/mol. The third kappa shape index (κ3) is 4.89. The fourth-order valence-electron chi connectivity index (χ4n) is 3.48. The number of halogens is 1.